The van der Waals surface area contributed by atoms with E-state index in [9.17, 15) is 0 Å². The highest BCUT2D eigenvalue weighted by Gasteiger charge is 2.09. The first-order chi connectivity index (χ1) is 5.22. The van der Waals surface area contributed by atoms with Gasteiger partial charge in [-0.3, -0.25) is 0 Å². The normalized spacial score (nSPS) is 13.9. The standard InChI is InChI=1S/C9H21NO/c1-8(2)9(7-10)5-4-6-11-3/h8-9H,4-7,10H2,1-3H3. The minimum absolute atomic E-state index is 0.671. The molecule has 0 aliphatic carbocycles. The third-order valence-electron chi connectivity index (χ3n) is 2.17. The maximum absolute atomic E-state index is 5.62. The van der Waals surface area contributed by atoms with Crippen molar-refractivity contribution in [2.45, 2.75) is 26.7 Å². The lowest BCUT2D eigenvalue weighted by molar-refractivity contribution is 0.182. The summed E-state index contributed by atoms with van der Waals surface area (Å²) in [5.74, 6) is 1.38. The molecule has 0 aromatic rings. The SMILES string of the molecule is COCCCC(CN)C(C)C. The molecule has 0 aliphatic rings. The molecule has 0 aromatic carbocycles. The van der Waals surface area contributed by atoms with E-state index in [0.29, 0.717) is 11.8 Å². The van der Waals surface area contributed by atoms with E-state index in [0.717, 1.165) is 19.6 Å². The molecule has 0 fully saturated rings. The number of hydrogen-bond acceptors (Lipinski definition) is 2. The molecule has 0 rings (SSSR count). The molecule has 0 heterocycles. The van der Waals surface area contributed by atoms with Crippen LogP contribution in [0.3, 0.4) is 0 Å². The van der Waals surface area contributed by atoms with Crippen LogP contribution in [0.25, 0.3) is 0 Å². The minimum atomic E-state index is 0.671. The van der Waals surface area contributed by atoms with Crippen LogP contribution in [-0.2, 0) is 4.74 Å². The molecule has 1 unspecified atom stereocenters. The molecule has 0 bridgehead atoms. The molecular formula is C9H21NO. The minimum Gasteiger partial charge on any atom is -0.385 e. The van der Waals surface area contributed by atoms with Gasteiger partial charge in [-0.05, 0) is 31.2 Å². The molecule has 2 nitrogen and oxygen atoms in total. The average Bonchev–Trinajstić information content (AvgIpc) is 1.97. The van der Waals surface area contributed by atoms with Gasteiger partial charge in [-0.25, -0.2) is 0 Å². The van der Waals surface area contributed by atoms with E-state index < -0.39 is 0 Å². The summed E-state index contributed by atoms with van der Waals surface area (Å²) in [5, 5.41) is 0. The van der Waals surface area contributed by atoms with Crippen LogP contribution in [0.1, 0.15) is 26.7 Å². The van der Waals surface area contributed by atoms with Crippen molar-refractivity contribution in [3.05, 3.63) is 0 Å². The number of rotatable bonds is 6. The second kappa shape index (κ2) is 6.62. The predicted molar refractivity (Wildman–Crippen MR) is 48.5 cm³/mol. The number of nitrogens with two attached hydrogens (primary N) is 1. The third-order valence-corrected chi connectivity index (χ3v) is 2.17. The lowest BCUT2D eigenvalue weighted by Crippen LogP contribution is -2.20. The smallest absolute Gasteiger partial charge is 0.0462 e. The Bertz CT molecular complexity index is 83.6. The first-order valence-corrected chi connectivity index (χ1v) is 4.41. The van der Waals surface area contributed by atoms with Gasteiger partial charge in [0.1, 0.15) is 0 Å². The van der Waals surface area contributed by atoms with Crippen LogP contribution in [0.5, 0.6) is 0 Å². The van der Waals surface area contributed by atoms with Crippen LogP contribution < -0.4 is 5.73 Å². The molecule has 0 amide bonds. The Morgan fingerprint density at radius 2 is 2.00 bits per heavy atom. The monoisotopic (exact) mass is 159 g/mol. The first kappa shape index (κ1) is 10.9. The molecule has 2 N–H and O–H groups in total. The van der Waals surface area contributed by atoms with Crippen LogP contribution in [0, 0.1) is 11.8 Å². The van der Waals surface area contributed by atoms with Crippen molar-refractivity contribution in [3.63, 3.8) is 0 Å². The molecular weight excluding hydrogens is 138 g/mol. The van der Waals surface area contributed by atoms with Gasteiger partial charge in [0, 0.05) is 13.7 Å². The van der Waals surface area contributed by atoms with Crippen LogP contribution in [0.2, 0.25) is 0 Å². The number of hydrogen-bond donors (Lipinski definition) is 1. The maximum atomic E-state index is 5.62. The van der Waals surface area contributed by atoms with Crippen molar-refractivity contribution in [3.8, 4) is 0 Å². The van der Waals surface area contributed by atoms with Gasteiger partial charge in [-0.1, -0.05) is 13.8 Å². The second-order valence-electron chi connectivity index (χ2n) is 3.37. The summed E-state index contributed by atoms with van der Waals surface area (Å²) < 4.78 is 4.98. The van der Waals surface area contributed by atoms with Gasteiger partial charge in [0.05, 0.1) is 0 Å². The second-order valence-corrected chi connectivity index (χ2v) is 3.37. The average molecular weight is 159 g/mol. The molecule has 2 heteroatoms. The fourth-order valence-electron chi connectivity index (χ4n) is 1.21. The molecule has 0 aromatic heterocycles. The molecule has 0 radical (unpaired) electrons. The van der Waals surface area contributed by atoms with Crippen molar-refractivity contribution in [2.24, 2.45) is 17.6 Å². The highest BCUT2D eigenvalue weighted by atomic mass is 16.5. The van der Waals surface area contributed by atoms with Crippen LogP contribution in [0.15, 0.2) is 0 Å². The summed E-state index contributed by atoms with van der Waals surface area (Å²) in [4.78, 5) is 0. The van der Waals surface area contributed by atoms with Crippen LogP contribution >= 0.6 is 0 Å². The van der Waals surface area contributed by atoms with Crippen LogP contribution in [0.4, 0.5) is 0 Å². The predicted octanol–water partition coefficient (Wildman–Crippen LogP) is 1.64. The lowest BCUT2D eigenvalue weighted by Gasteiger charge is -2.17. The van der Waals surface area contributed by atoms with Crippen molar-refractivity contribution in [2.75, 3.05) is 20.3 Å². The van der Waals surface area contributed by atoms with E-state index in [1.165, 1.54) is 6.42 Å². The van der Waals surface area contributed by atoms with Crippen molar-refractivity contribution in [1.82, 2.24) is 0 Å². The van der Waals surface area contributed by atoms with Gasteiger partial charge in [0.2, 0.25) is 0 Å². The van der Waals surface area contributed by atoms with Crippen molar-refractivity contribution >= 4 is 0 Å². The first-order valence-electron chi connectivity index (χ1n) is 4.41. The zero-order chi connectivity index (χ0) is 8.69. The van der Waals surface area contributed by atoms with E-state index >= 15 is 0 Å². The van der Waals surface area contributed by atoms with Crippen molar-refractivity contribution < 1.29 is 4.74 Å². The largest absolute Gasteiger partial charge is 0.385 e. The summed E-state index contributed by atoms with van der Waals surface area (Å²) in [5.41, 5.74) is 5.62. The molecule has 0 saturated carbocycles. The Kier molecular flexibility index (Phi) is 6.57. The highest BCUT2D eigenvalue weighted by molar-refractivity contribution is 4.63. The number of ether oxygens (including phenoxy) is 1. The van der Waals surface area contributed by atoms with Crippen molar-refractivity contribution in [1.29, 1.82) is 0 Å². The van der Waals surface area contributed by atoms with Gasteiger partial charge < -0.3 is 10.5 Å². The maximum Gasteiger partial charge on any atom is 0.0462 e. The lowest BCUT2D eigenvalue weighted by atomic mass is 9.91. The van der Waals surface area contributed by atoms with Gasteiger partial charge in [0.25, 0.3) is 0 Å². The van der Waals surface area contributed by atoms with Crippen LogP contribution in [-0.4, -0.2) is 20.3 Å². The van der Waals surface area contributed by atoms with Gasteiger partial charge in [-0.15, -0.1) is 0 Å². The Morgan fingerprint density at radius 3 is 2.36 bits per heavy atom. The Balaban J connectivity index is 3.36. The van der Waals surface area contributed by atoms with E-state index in [4.69, 9.17) is 10.5 Å². The van der Waals surface area contributed by atoms with E-state index in [1.807, 2.05) is 0 Å². The Labute approximate surface area is 70.1 Å². The molecule has 11 heavy (non-hydrogen) atoms. The van der Waals surface area contributed by atoms with E-state index in [2.05, 4.69) is 13.8 Å². The topological polar surface area (TPSA) is 35.2 Å². The van der Waals surface area contributed by atoms with E-state index in [1.54, 1.807) is 7.11 Å². The summed E-state index contributed by atoms with van der Waals surface area (Å²) in [6.45, 7) is 6.12. The molecule has 1 atom stereocenters. The Hall–Kier alpha value is -0.0800. The summed E-state index contributed by atoms with van der Waals surface area (Å²) in [6, 6.07) is 0. The zero-order valence-corrected chi connectivity index (χ0v) is 7.97. The molecule has 0 spiro atoms. The number of methoxy groups -OCH3 is 1. The molecule has 0 aliphatic heterocycles. The fraction of sp³-hybridized carbons (Fsp3) is 1.00. The summed E-state index contributed by atoms with van der Waals surface area (Å²) >= 11 is 0. The third kappa shape index (κ3) is 5.22. The molecule has 0 saturated heterocycles. The van der Waals surface area contributed by atoms with Gasteiger partial charge in [0.15, 0.2) is 0 Å². The van der Waals surface area contributed by atoms with E-state index in [-0.39, 0.29) is 0 Å². The van der Waals surface area contributed by atoms with Gasteiger partial charge >= 0.3 is 0 Å². The summed E-state index contributed by atoms with van der Waals surface area (Å²) in [7, 11) is 1.74. The fourth-order valence-corrected chi connectivity index (χ4v) is 1.21. The quantitative estimate of drug-likeness (QED) is 0.598. The zero-order valence-electron chi connectivity index (χ0n) is 7.97. The highest BCUT2D eigenvalue weighted by Crippen LogP contribution is 2.15. The van der Waals surface area contributed by atoms with Gasteiger partial charge in [-0.2, -0.15) is 0 Å². The Morgan fingerprint density at radius 1 is 1.36 bits per heavy atom. The summed E-state index contributed by atoms with van der Waals surface area (Å²) in [6.07, 6.45) is 2.33. The molecule has 68 valence electrons.